The smallest absolute Gasteiger partial charge is 0.161 e. The third-order valence-corrected chi connectivity index (χ3v) is 2.94. The highest BCUT2D eigenvalue weighted by Gasteiger charge is 2.09. The Bertz CT molecular complexity index is 552. The van der Waals surface area contributed by atoms with E-state index < -0.39 is 0 Å². The summed E-state index contributed by atoms with van der Waals surface area (Å²) in [6.07, 6.45) is 0.839. The van der Waals surface area contributed by atoms with Crippen LogP contribution < -0.4 is 5.73 Å². The predicted octanol–water partition coefficient (Wildman–Crippen LogP) is 3.25. The average molecular weight is 248 g/mol. The third-order valence-electron chi connectivity index (χ3n) is 2.70. The summed E-state index contributed by atoms with van der Waals surface area (Å²) >= 11 is 5.95. The first-order valence-corrected chi connectivity index (χ1v) is 5.88. The molecular weight excluding hydrogens is 234 g/mol. The van der Waals surface area contributed by atoms with Gasteiger partial charge < -0.3 is 5.73 Å². The van der Waals surface area contributed by atoms with Gasteiger partial charge in [-0.05, 0) is 25.5 Å². The highest BCUT2D eigenvalue weighted by Crippen LogP contribution is 2.22. The Morgan fingerprint density at radius 2 is 2.06 bits per heavy atom. The van der Waals surface area contributed by atoms with E-state index in [1.807, 2.05) is 31.2 Å². The Morgan fingerprint density at radius 3 is 2.71 bits per heavy atom. The molecule has 88 valence electrons. The summed E-state index contributed by atoms with van der Waals surface area (Å²) in [6, 6.07) is 7.46. The maximum atomic E-state index is 5.95. The number of nitrogen functional groups attached to an aromatic ring is 1. The van der Waals surface area contributed by atoms with E-state index >= 15 is 0 Å². The van der Waals surface area contributed by atoms with Gasteiger partial charge in [-0.2, -0.15) is 0 Å². The number of nitrogens with zero attached hydrogens (tertiary/aromatic N) is 2. The normalized spacial score (nSPS) is 10.5. The molecule has 0 aliphatic heterocycles. The molecule has 0 atom stereocenters. The van der Waals surface area contributed by atoms with Gasteiger partial charge in [0.25, 0.3) is 0 Å². The van der Waals surface area contributed by atoms with Crippen molar-refractivity contribution in [3.63, 3.8) is 0 Å². The first-order chi connectivity index (χ1) is 8.11. The molecule has 0 spiro atoms. The van der Waals surface area contributed by atoms with E-state index in [9.17, 15) is 0 Å². The fraction of sp³-hybridized carbons (Fsp3) is 0.231. The number of aromatic nitrogens is 2. The number of benzene rings is 1. The fourth-order valence-corrected chi connectivity index (χ4v) is 1.87. The standard InChI is InChI=1S/C13H14ClN3/c1-3-11-8(2)12(15)17-13(16-11)9-5-4-6-10(14)7-9/h4-7H,3H2,1-2H3,(H2,15,16,17). The molecule has 0 saturated heterocycles. The second-order valence-corrected chi connectivity index (χ2v) is 4.30. The van der Waals surface area contributed by atoms with Crippen LogP contribution in [-0.2, 0) is 6.42 Å². The van der Waals surface area contributed by atoms with Gasteiger partial charge in [0.2, 0.25) is 0 Å². The lowest BCUT2D eigenvalue weighted by atomic mass is 10.1. The number of halogens is 1. The van der Waals surface area contributed by atoms with Gasteiger partial charge in [0, 0.05) is 21.8 Å². The fourth-order valence-electron chi connectivity index (χ4n) is 1.68. The number of anilines is 1. The van der Waals surface area contributed by atoms with E-state index in [2.05, 4.69) is 16.9 Å². The van der Waals surface area contributed by atoms with E-state index in [0.29, 0.717) is 16.7 Å². The van der Waals surface area contributed by atoms with Crippen LogP contribution in [0.1, 0.15) is 18.2 Å². The van der Waals surface area contributed by atoms with Crippen LogP contribution in [0.5, 0.6) is 0 Å². The van der Waals surface area contributed by atoms with Gasteiger partial charge in [0.15, 0.2) is 5.82 Å². The van der Waals surface area contributed by atoms with E-state index in [4.69, 9.17) is 17.3 Å². The third kappa shape index (κ3) is 2.39. The molecule has 0 aliphatic rings. The molecule has 2 rings (SSSR count). The molecule has 0 saturated carbocycles. The molecule has 4 heteroatoms. The molecule has 17 heavy (non-hydrogen) atoms. The second-order valence-electron chi connectivity index (χ2n) is 3.87. The highest BCUT2D eigenvalue weighted by atomic mass is 35.5. The lowest BCUT2D eigenvalue weighted by Crippen LogP contribution is -2.04. The Balaban J connectivity index is 2.56. The van der Waals surface area contributed by atoms with Crippen molar-refractivity contribution in [2.75, 3.05) is 5.73 Å². The predicted molar refractivity (Wildman–Crippen MR) is 71.0 cm³/mol. The molecule has 1 aromatic carbocycles. The largest absolute Gasteiger partial charge is 0.383 e. The van der Waals surface area contributed by atoms with Gasteiger partial charge in [-0.25, -0.2) is 9.97 Å². The van der Waals surface area contributed by atoms with Crippen LogP contribution in [0.4, 0.5) is 5.82 Å². The maximum Gasteiger partial charge on any atom is 0.161 e. The van der Waals surface area contributed by atoms with Crippen LogP contribution in [0.3, 0.4) is 0 Å². The molecule has 0 bridgehead atoms. The molecule has 1 aromatic heterocycles. The van der Waals surface area contributed by atoms with E-state index in [-0.39, 0.29) is 0 Å². The van der Waals surface area contributed by atoms with E-state index in [0.717, 1.165) is 23.2 Å². The molecule has 0 amide bonds. The molecular formula is C13H14ClN3. The zero-order valence-corrected chi connectivity index (χ0v) is 10.6. The van der Waals surface area contributed by atoms with Gasteiger partial charge in [-0.3, -0.25) is 0 Å². The summed E-state index contributed by atoms with van der Waals surface area (Å²) in [7, 11) is 0. The van der Waals surface area contributed by atoms with Crippen LogP contribution in [-0.4, -0.2) is 9.97 Å². The molecule has 3 nitrogen and oxygen atoms in total. The van der Waals surface area contributed by atoms with Crippen LogP contribution in [0.2, 0.25) is 5.02 Å². The lowest BCUT2D eigenvalue weighted by molar-refractivity contribution is 0.982. The van der Waals surface area contributed by atoms with Crippen molar-refractivity contribution in [3.05, 3.63) is 40.5 Å². The minimum Gasteiger partial charge on any atom is -0.383 e. The zero-order valence-electron chi connectivity index (χ0n) is 9.87. The number of aryl methyl sites for hydroxylation is 1. The molecule has 0 radical (unpaired) electrons. The minimum atomic E-state index is 0.534. The topological polar surface area (TPSA) is 51.8 Å². The Labute approximate surface area is 106 Å². The quantitative estimate of drug-likeness (QED) is 0.886. The summed E-state index contributed by atoms with van der Waals surface area (Å²) in [4.78, 5) is 8.81. The van der Waals surface area contributed by atoms with Gasteiger partial charge in [0.1, 0.15) is 5.82 Å². The summed E-state index contributed by atoms with van der Waals surface area (Å²) < 4.78 is 0. The van der Waals surface area contributed by atoms with Crippen molar-refractivity contribution in [1.82, 2.24) is 9.97 Å². The molecule has 0 aliphatic carbocycles. The Hall–Kier alpha value is -1.61. The Kier molecular flexibility index (Phi) is 3.29. The van der Waals surface area contributed by atoms with Crippen LogP contribution in [0.15, 0.2) is 24.3 Å². The van der Waals surface area contributed by atoms with Crippen LogP contribution in [0, 0.1) is 6.92 Å². The van der Waals surface area contributed by atoms with Crippen LogP contribution in [0.25, 0.3) is 11.4 Å². The SMILES string of the molecule is CCc1nc(-c2cccc(Cl)c2)nc(N)c1C. The summed E-state index contributed by atoms with van der Waals surface area (Å²) in [6.45, 7) is 3.99. The van der Waals surface area contributed by atoms with Crippen LogP contribution >= 0.6 is 11.6 Å². The van der Waals surface area contributed by atoms with Crippen molar-refractivity contribution in [2.45, 2.75) is 20.3 Å². The number of hydrogen-bond acceptors (Lipinski definition) is 3. The van der Waals surface area contributed by atoms with Crippen molar-refractivity contribution in [1.29, 1.82) is 0 Å². The molecule has 2 N–H and O–H groups in total. The van der Waals surface area contributed by atoms with Gasteiger partial charge in [0.05, 0.1) is 0 Å². The Morgan fingerprint density at radius 1 is 1.29 bits per heavy atom. The number of rotatable bonds is 2. The first-order valence-electron chi connectivity index (χ1n) is 5.50. The van der Waals surface area contributed by atoms with Gasteiger partial charge >= 0.3 is 0 Å². The van der Waals surface area contributed by atoms with E-state index in [1.54, 1.807) is 0 Å². The summed E-state index contributed by atoms with van der Waals surface area (Å²) in [5.74, 6) is 1.17. The summed E-state index contributed by atoms with van der Waals surface area (Å²) in [5.41, 5.74) is 8.71. The summed E-state index contributed by atoms with van der Waals surface area (Å²) in [5, 5.41) is 0.670. The zero-order chi connectivity index (χ0) is 12.4. The van der Waals surface area contributed by atoms with Crippen molar-refractivity contribution < 1.29 is 0 Å². The minimum absolute atomic E-state index is 0.534. The van der Waals surface area contributed by atoms with Crippen molar-refractivity contribution >= 4 is 17.4 Å². The van der Waals surface area contributed by atoms with E-state index in [1.165, 1.54) is 0 Å². The average Bonchev–Trinajstić information content (AvgIpc) is 2.32. The molecule has 0 fully saturated rings. The molecule has 0 unspecified atom stereocenters. The molecule has 1 heterocycles. The number of hydrogen-bond donors (Lipinski definition) is 1. The van der Waals surface area contributed by atoms with Crippen molar-refractivity contribution in [3.8, 4) is 11.4 Å². The highest BCUT2D eigenvalue weighted by molar-refractivity contribution is 6.30. The molecule has 2 aromatic rings. The lowest BCUT2D eigenvalue weighted by Gasteiger charge is -2.08. The first kappa shape index (κ1) is 11.9. The maximum absolute atomic E-state index is 5.95. The number of nitrogens with two attached hydrogens (primary N) is 1. The van der Waals surface area contributed by atoms with Gasteiger partial charge in [-0.1, -0.05) is 30.7 Å². The van der Waals surface area contributed by atoms with Crippen molar-refractivity contribution in [2.24, 2.45) is 0 Å². The second kappa shape index (κ2) is 4.72. The monoisotopic (exact) mass is 247 g/mol. The van der Waals surface area contributed by atoms with Gasteiger partial charge in [-0.15, -0.1) is 0 Å².